The molecule has 2 aromatic rings. The molecule has 0 atom stereocenters. The van der Waals surface area contributed by atoms with Crippen LogP contribution in [0.4, 0.5) is 0 Å². The standard InChI is InChI=1S/C20H27B.Mg/c1-2-3-17-21(20-15-8-5-9-16-20)18-11-10-14-19-12-6-4-7-13-19;/h4-9,12-13,15-16H,2-3,10-11,14,17-18H2,1H3;. The highest BCUT2D eigenvalue weighted by atomic mass is 24.3. The van der Waals surface area contributed by atoms with Gasteiger partial charge in [0.1, 0.15) is 0 Å². The van der Waals surface area contributed by atoms with Crippen molar-refractivity contribution in [2.75, 3.05) is 0 Å². The first-order chi connectivity index (χ1) is 10.4. The Kier molecular flexibility index (Phi) is 10.4. The summed E-state index contributed by atoms with van der Waals surface area (Å²) in [6.07, 6.45) is 9.17. The van der Waals surface area contributed by atoms with Gasteiger partial charge in [-0.3, -0.25) is 0 Å². The van der Waals surface area contributed by atoms with Crippen LogP contribution in [0.1, 0.15) is 38.2 Å². The van der Waals surface area contributed by atoms with Gasteiger partial charge in [0.2, 0.25) is 0 Å². The van der Waals surface area contributed by atoms with Crippen LogP contribution in [0.5, 0.6) is 0 Å². The van der Waals surface area contributed by atoms with Crippen LogP contribution < -0.4 is 5.46 Å². The van der Waals surface area contributed by atoms with Gasteiger partial charge in [-0.15, -0.1) is 0 Å². The minimum Gasteiger partial charge on any atom is -0.0801 e. The lowest BCUT2D eigenvalue weighted by molar-refractivity contribution is 0.783. The van der Waals surface area contributed by atoms with Gasteiger partial charge in [-0.05, 0) is 18.4 Å². The minimum atomic E-state index is 0. The smallest absolute Gasteiger partial charge is 0.0801 e. The molecule has 0 saturated heterocycles. The molecule has 0 bridgehead atoms. The minimum absolute atomic E-state index is 0. The third kappa shape index (κ3) is 7.02. The summed E-state index contributed by atoms with van der Waals surface area (Å²) in [4.78, 5) is 0. The average molecular weight is 303 g/mol. The predicted molar refractivity (Wildman–Crippen MR) is 101 cm³/mol. The Hall–Kier alpha value is -0.729. The summed E-state index contributed by atoms with van der Waals surface area (Å²) >= 11 is 0. The summed E-state index contributed by atoms with van der Waals surface area (Å²) in [6, 6.07) is 21.9. The molecule has 0 unspecified atom stereocenters. The van der Waals surface area contributed by atoms with Gasteiger partial charge < -0.3 is 0 Å². The maximum absolute atomic E-state index is 2.30. The molecule has 0 spiro atoms. The van der Waals surface area contributed by atoms with Gasteiger partial charge in [-0.25, -0.2) is 0 Å². The molecule has 0 amide bonds. The second-order valence-electron chi connectivity index (χ2n) is 5.98. The van der Waals surface area contributed by atoms with Crippen molar-refractivity contribution >= 4 is 35.2 Å². The summed E-state index contributed by atoms with van der Waals surface area (Å²) in [5.74, 6) is 0. The average Bonchev–Trinajstić information content (AvgIpc) is 2.56. The summed E-state index contributed by atoms with van der Waals surface area (Å²) in [5.41, 5.74) is 3.01. The molecule has 0 aliphatic carbocycles. The largest absolute Gasteiger partial charge is 0.175 e. The Bertz CT molecular complexity index is 484. The molecule has 0 saturated carbocycles. The van der Waals surface area contributed by atoms with E-state index in [0.29, 0.717) is 0 Å². The van der Waals surface area contributed by atoms with Crippen LogP contribution in [0.2, 0.25) is 12.6 Å². The zero-order valence-electron chi connectivity index (χ0n) is 14.0. The second kappa shape index (κ2) is 11.8. The first-order valence-electron chi connectivity index (χ1n) is 8.49. The van der Waals surface area contributed by atoms with E-state index in [4.69, 9.17) is 0 Å². The van der Waals surface area contributed by atoms with Gasteiger partial charge in [0.25, 0.3) is 0 Å². The molecule has 0 nitrogen and oxygen atoms in total. The van der Waals surface area contributed by atoms with Crippen molar-refractivity contribution in [3.8, 4) is 0 Å². The number of hydrogen-bond donors (Lipinski definition) is 0. The molecule has 2 rings (SSSR count). The van der Waals surface area contributed by atoms with Gasteiger partial charge in [-0.2, -0.15) is 0 Å². The van der Waals surface area contributed by atoms with Gasteiger partial charge in [-0.1, -0.05) is 105 Å². The SMILES string of the molecule is CCCCB(CCCCc1ccccc1)c1ccccc1.[Mg]. The summed E-state index contributed by atoms with van der Waals surface area (Å²) in [6.45, 7) is 3.04. The number of aryl methyl sites for hydroxylation is 1. The van der Waals surface area contributed by atoms with Crippen molar-refractivity contribution in [2.24, 2.45) is 0 Å². The van der Waals surface area contributed by atoms with Crippen LogP contribution in [0.3, 0.4) is 0 Å². The molecule has 2 aromatic carbocycles. The lowest BCUT2D eigenvalue weighted by atomic mass is 9.39. The number of rotatable bonds is 9. The Balaban J connectivity index is 0.00000242. The fraction of sp³-hybridized carbons (Fsp3) is 0.400. The van der Waals surface area contributed by atoms with Gasteiger partial charge in [0.05, 0.1) is 0 Å². The van der Waals surface area contributed by atoms with E-state index in [1.54, 1.807) is 0 Å². The van der Waals surface area contributed by atoms with E-state index in [0.717, 1.165) is 6.71 Å². The Labute approximate surface area is 153 Å². The third-order valence-corrected chi connectivity index (χ3v) is 4.29. The van der Waals surface area contributed by atoms with Crippen molar-refractivity contribution in [3.63, 3.8) is 0 Å². The fourth-order valence-corrected chi connectivity index (χ4v) is 3.02. The van der Waals surface area contributed by atoms with Crippen molar-refractivity contribution in [1.29, 1.82) is 0 Å². The van der Waals surface area contributed by atoms with Crippen LogP contribution in [0.25, 0.3) is 0 Å². The molecular weight excluding hydrogens is 275 g/mol. The van der Waals surface area contributed by atoms with E-state index in [2.05, 4.69) is 67.6 Å². The molecule has 0 heterocycles. The van der Waals surface area contributed by atoms with E-state index < -0.39 is 0 Å². The normalized spacial score (nSPS) is 10.0. The molecule has 112 valence electrons. The number of unbranched alkanes of at least 4 members (excludes halogenated alkanes) is 2. The van der Waals surface area contributed by atoms with Crippen LogP contribution in [0.15, 0.2) is 60.7 Å². The highest BCUT2D eigenvalue weighted by Gasteiger charge is 2.14. The molecular formula is C20H27BMg. The maximum Gasteiger partial charge on any atom is 0.175 e. The lowest BCUT2D eigenvalue weighted by Crippen LogP contribution is -2.29. The second-order valence-corrected chi connectivity index (χ2v) is 5.98. The van der Waals surface area contributed by atoms with Crippen LogP contribution >= 0.6 is 0 Å². The van der Waals surface area contributed by atoms with Crippen molar-refractivity contribution in [3.05, 3.63) is 66.2 Å². The number of benzene rings is 2. The lowest BCUT2D eigenvalue weighted by Gasteiger charge is -2.13. The molecule has 0 aromatic heterocycles. The van der Waals surface area contributed by atoms with E-state index in [1.807, 2.05) is 0 Å². The molecule has 2 heteroatoms. The fourth-order valence-electron chi connectivity index (χ4n) is 3.02. The Morgan fingerprint density at radius 1 is 0.727 bits per heavy atom. The zero-order chi connectivity index (χ0) is 14.8. The van der Waals surface area contributed by atoms with Crippen molar-refractivity contribution in [1.82, 2.24) is 0 Å². The highest BCUT2D eigenvalue weighted by molar-refractivity contribution is 6.73. The topological polar surface area (TPSA) is 0 Å². The highest BCUT2D eigenvalue weighted by Crippen LogP contribution is 2.13. The molecule has 22 heavy (non-hydrogen) atoms. The monoisotopic (exact) mass is 302 g/mol. The summed E-state index contributed by atoms with van der Waals surface area (Å²) < 4.78 is 0. The predicted octanol–water partition coefficient (Wildman–Crippen LogP) is 4.83. The molecule has 0 N–H and O–H groups in total. The van der Waals surface area contributed by atoms with Gasteiger partial charge in [0.15, 0.2) is 6.71 Å². The van der Waals surface area contributed by atoms with E-state index in [-0.39, 0.29) is 23.1 Å². The molecule has 0 aliphatic heterocycles. The third-order valence-electron chi connectivity index (χ3n) is 4.29. The first-order valence-corrected chi connectivity index (χ1v) is 8.49. The van der Waals surface area contributed by atoms with Crippen LogP contribution in [-0.2, 0) is 6.42 Å². The van der Waals surface area contributed by atoms with Crippen molar-refractivity contribution in [2.45, 2.75) is 51.7 Å². The Morgan fingerprint density at radius 2 is 1.32 bits per heavy atom. The Morgan fingerprint density at radius 3 is 1.95 bits per heavy atom. The van der Waals surface area contributed by atoms with Crippen molar-refractivity contribution < 1.29 is 0 Å². The van der Waals surface area contributed by atoms with Crippen LogP contribution in [0, 0.1) is 0 Å². The molecule has 0 aliphatic rings. The number of hydrogen-bond acceptors (Lipinski definition) is 0. The first kappa shape index (κ1) is 19.3. The van der Waals surface area contributed by atoms with E-state index in [9.17, 15) is 0 Å². The summed E-state index contributed by atoms with van der Waals surface area (Å²) in [7, 11) is 0. The molecule has 2 radical (unpaired) electrons. The van der Waals surface area contributed by atoms with Gasteiger partial charge >= 0.3 is 0 Å². The van der Waals surface area contributed by atoms with E-state index in [1.165, 1.54) is 55.8 Å². The van der Waals surface area contributed by atoms with Crippen LogP contribution in [-0.4, -0.2) is 29.8 Å². The van der Waals surface area contributed by atoms with Gasteiger partial charge in [0, 0.05) is 23.1 Å². The maximum atomic E-state index is 2.30. The van der Waals surface area contributed by atoms with E-state index >= 15 is 0 Å². The quantitative estimate of drug-likeness (QED) is 0.460. The zero-order valence-corrected chi connectivity index (χ0v) is 15.4. The molecule has 0 fully saturated rings. The summed E-state index contributed by atoms with van der Waals surface area (Å²) in [5, 5.41) is 0.